The number of aliphatic hydroxyl groups excluding tert-OH is 1. The van der Waals surface area contributed by atoms with Crippen LogP contribution in [0.25, 0.3) is 0 Å². The van der Waals surface area contributed by atoms with Crippen molar-refractivity contribution in [2.45, 2.75) is 13.1 Å². The lowest BCUT2D eigenvalue weighted by Crippen LogP contribution is -2.30. The summed E-state index contributed by atoms with van der Waals surface area (Å²) in [5.74, 6) is 0. The third kappa shape index (κ3) is 4.39. The van der Waals surface area contributed by atoms with E-state index in [2.05, 4.69) is 22.1 Å². The highest BCUT2D eigenvalue weighted by Gasteiger charge is 2.06. The van der Waals surface area contributed by atoms with E-state index >= 15 is 0 Å². The predicted octanol–water partition coefficient (Wildman–Crippen LogP) is 0.960. The fourth-order valence-electron chi connectivity index (χ4n) is 2.00. The zero-order chi connectivity index (χ0) is 13.5. The Morgan fingerprint density at radius 2 is 2.00 bits per heavy atom. The first-order chi connectivity index (χ1) is 9.28. The zero-order valence-electron chi connectivity index (χ0n) is 10.9. The molecule has 0 unspecified atom stereocenters. The third-order valence-corrected chi connectivity index (χ3v) is 2.96. The molecular formula is C14H20N4O. The van der Waals surface area contributed by atoms with Gasteiger partial charge in [0.25, 0.3) is 0 Å². The van der Waals surface area contributed by atoms with E-state index < -0.39 is 0 Å². The Balaban J connectivity index is 1.89. The molecule has 0 atom stereocenters. The Morgan fingerprint density at radius 3 is 2.63 bits per heavy atom. The molecule has 1 heterocycles. The largest absolute Gasteiger partial charge is 0.396 e. The quantitative estimate of drug-likeness (QED) is 0.778. The van der Waals surface area contributed by atoms with Gasteiger partial charge in [-0.05, 0) is 5.56 Å². The fraction of sp³-hybridized carbons (Fsp3) is 0.357. The molecule has 5 nitrogen and oxygen atoms in total. The van der Waals surface area contributed by atoms with Gasteiger partial charge in [0.05, 0.1) is 25.0 Å². The molecule has 1 aromatic carbocycles. The SMILES string of the molecule is Nc1cnn(CCN(CCO)Cc2ccccc2)c1. The lowest BCUT2D eigenvalue weighted by atomic mass is 10.2. The summed E-state index contributed by atoms with van der Waals surface area (Å²) >= 11 is 0. The Kier molecular flexibility index (Phi) is 4.94. The minimum Gasteiger partial charge on any atom is -0.396 e. The smallest absolute Gasteiger partial charge is 0.0719 e. The van der Waals surface area contributed by atoms with Crippen LogP contribution in [0.15, 0.2) is 42.7 Å². The summed E-state index contributed by atoms with van der Waals surface area (Å²) in [5.41, 5.74) is 7.55. The number of nitrogens with zero attached hydrogens (tertiary/aromatic N) is 3. The number of aliphatic hydroxyl groups is 1. The predicted molar refractivity (Wildman–Crippen MR) is 75.4 cm³/mol. The lowest BCUT2D eigenvalue weighted by molar-refractivity contribution is 0.183. The van der Waals surface area contributed by atoms with Crippen LogP contribution >= 0.6 is 0 Å². The Bertz CT molecular complexity index is 483. The average Bonchev–Trinajstić information content (AvgIpc) is 2.83. The van der Waals surface area contributed by atoms with E-state index in [0.717, 1.165) is 19.6 Å². The molecule has 0 aliphatic carbocycles. The molecule has 0 spiro atoms. The molecule has 0 fully saturated rings. The molecule has 2 rings (SSSR count). The molecule has 0 aliphatic heterocycles. The highest BCUT2D eigenvalue weighted by Crippen LogP contribution is 2.05. The van der Waals surface area contributed by atoms with Gasteiger partial charge >= 0.3 is 0 Å². The van der Waals surface area contributed by atoms with Crippen LogP contribution < -0.4 is 5.73 Å². The molecule has 2 aromatic rings. The first-order valence-corrected chi connectivity index (χ1v) is 6.43. The van der Waals surface area contributed by atoms with Crippen molar-refractivity contribution in [2.24, 2.45) is 0 Å². The summed E-state index contributed by atoms with van der Waals surface area (Å²) in [7, 11) is 0. The Hall–Kier alpha value is -1.85. The summed E-state index contributed by atoms with van der Waals surface area (Å²) in [6.07, 6.45) is 3.47. The van der Waals surface area contributed by atoms with E-state index in [-0.39, 0.29) is 6.61 Å². The topological polar surface area (TPSA) is 67.3 Å². The number of nitrogen functional groups attached to an aromatic ring is 1. The van der Waals surface area contributed by atoms with Crippen LogP contribution in [0.2, 0.25) is 0 Å². The van der Waals surface area contributed by atoms with E-state index in [1.807, 2.05) is 29.1 Å². The molecule has 0 radical (unpaired) electrons. The summed E-state index contributed by atoms with van der Waals surface area (Å²) in [4.78, 5) is 2.20. The standard InChI is InChI=1S/C14H20N4O/c15-14-10-16-18(12-14)7-6-17(8-9-19)11-13-4-2-1-3-5-13/h1-5,10,12,19H,6-9,11,15H2. The monoisotopic (exact) mass is 260 g/mol. The number of aromatic nitrogens is 2. The van der Waals surface area contributed by atoms with Crippen molar-refractivity contribution >= 4 is 5.69 Å². The van der Waals surface area contributed by atoms with Crippen LogP contribution in [0, 0.1) is 0 Å². The van der Waals surface area contributed by atoms with Gasteiger partial charge in [-0.3, -0.25) is 9.58 Å². The van der Waals surface area contributed by atoms with Crippen molar-refractivity contribution < 1.29 is 5.11 Å². The highest BCUT2D eigenvalue weighted by molar-refractivity contribution is 5.30. The van der Waals surface area contributed by atoms with Gasteiger partial charge in [0.1, 0.15) is 0 Å². The fourth-order valence-corrected chi connectivity index (χ4v) is 2.00. The molecule has 5 heteroatoms. The minimum atomic E-state index is 0.161. The molecular weight excluding hydrogens is 240 g/mol. The summed E-state index contributed by atoms with van der Waals surface area (Å²) in [6, 6.07) is 10.3. The molecule has 0 saturated heterocycles. The average molecular weight is 260 g/mol. The maximum Gasteiger partial charge on any atom is 0.0719 e. The number of hydrogen-bond acceptors (Lipinski definition) is 4. The number of nitrogens with two attached hydrogens (primary N) is 1. The van der Waals surface area contributed by atoms with Crippen molar-refractivity contribution in [1.29, 1.82) is 0 Å². The first kappa shape index (κ1) is 13.6. The molecule has 102 valence electrons. The van der Waals surface area contributed by atoms with Gasteiger partial charge in [-0.25, -0.2) is 0 Å². The van der Waals surface area contributed by atoms with E-state index in [0.29, 0.717) is 12.2 Å². The van der Waals surface area contributed by atoms with E-state index in [1.165, 1.54) is 5.56 Å². The van der Waals surface area contributed by atoms with Crippen LogP contribution in [-0.4, -0.2) is 39.5 Å². The maximum absolute atomic E-state index is 9.13. The summed E-state index contributed by atoms with van der Waals surface area (Å²) in [5, 5.41) is 13.3. The van der Waals surface area contributed by atoms with Crippen LogP contribution in [0.5, 0.6) is 0 Å². The van der Waals surface area contributed by atoms with E-state index in [9.17, 15) is 0 Å². The summed E-state index contributed by atoms with van der Waals surface area (Å²) in [6.45, 7) is 3.25. The summed E-state index contributed by atoms with van der Waals surface area (Å²) < 4.78 is 1.82. The van der Waals surface area contributed by atoms with Gasteiger partial charge in [-0.15, -0.1) is 0 Å². The first-order valence-electron chi connectivity index (χ1n) is 6.43. The van der Waals surface area contributed by atoms with Gasteiger partial charge in [0, 0.05) is 25.8 Å². The van der Waals surface area contributed by atoms with E-state index in [1.54, 1.807) is 6.20 Å². The van der Waals surface area contributed by atoms with Crippen molar-refractivity contribution in [3.63, 3.8) is 0 Å². The second-order valence-corrected chi connectivity index (χ2v) is 4.52. The van der Waals surface area contributed by atoms with Crippen LogP contribution in [-0.2, 0) is 13.1 Å². The van der Waals surface area contributed by atoms with Gasteiger partial charge in [-0.1, -0.05) is 30.3 Å². The van der Waals surface area contributed by atoms with Gasteiger partial charge in [-0.2, -0.15) is 5.10 Å². The van der Waals surface area contributed by atoms with Gasteiger partial charge < -0.3 is 10.8 Å². The second-order valence-electron chi connectivity index (χ2n) is 4.52. The number of benzene rings is 1. The Labute approximate surface area is 113 Å². The molecule has 0 bridgehead atoms. The third-order valence-electron chi connectivity index (χ3n) is 2.96. The molecule has 19 heavy (non-hydrogen) atoms. The Morgan fingerprint density at radius 1 is 1.21 bits per heavy atom. The van der Waals surface area contributed by atoms with Gasteiger partial charge in [0.15, 0.2) is 0 Å². The molecule has 0 aliphatic rings. The second kappa shape index (κ2) is 6.92. The molecule has 3 N–H and O–H groups in total. The lowest BCUT2D eigenvalue weighted by Gasteiger charge is -2.21. The molecule has 0 amide bonds. The highest BCUT2D eigenvalue weighted by atomic mass is 16.3. The maximum atomic E-state index is 9.13. The minimum absolute atomic E-state index is 0.161. The van der Waals surface area contributed by atoms with E-state index in [4.69, 9.17) is 10.8 Å². The normalized spacial score (nSPS) is 11.1. The molecule has 0 saturated carbocycles. The van der Waals surface area contributed by atoms with Crippen molar-refractivity contribution in [3.8, 4) is 0 Å². The van der Waals surface area contributed by atoms with Crippen LogP contribution in [0.1, 0.15) is 5.56 Å². The number of rotatable bonds is 7. The zero-order valence-corrected chi connectivity index (χ0v) is 10.9. The number of hydrogen-bond donors (Lipinski definition) is 2. The van der Waals surface area contributed by atoms with Crippen molar-refractivity contribution in [3.05, 3.63) is 48.3 Å². The van der Waals surface area contributed by atoms with Gasteiger partial charge in [0.2, 0.25) is 0 Å². The van der Waals surface area contributed by atoms with Crippen LogP contribution in [0.4, 0.5) is 5.69 Å². The van der Waals surface area contributed by atoms with Crippen molar-refractivity contribution in [2.75, 3.05) is 25.4 Å². The molecule has 1 aromatic heterocycles. The number of anilines is 1. The van der Waals surface area contributed by atoms with Crippen LogP contribution in [0.3, 0.4) is 0 Å². The van der Waals surface area contributed by atoms with Crippen molar-refractivity contribution in [1.82, 2.24) is 14.7 Å².